The average Bonchev–Trinajstić information content (AvgIpc) is 2.46. The molecule has 0 atom stereocenters. The summed E-state index contributed by atoms with van der Waals surface area (Å²) >= 11 is 0. The van der Waals surface area contributed by atoms with E-state index in [4.69, 9.17) is 0 Å². The van der Waals surface area contributed by atoms with E-state index in [0.717, 1.165) is 18.0 Å². The Kier molecular flexibility index (Phi) is 4.60. The van der Waals surface area contributed by atoms with Gasteiger partial charge in [-0.15, -0.1) is 0 Å². The maximum absolute atomic E-state index is 12.6. The predicted molar refractivity (Wildman–Crippen MR) is 74.0 cm³/mol. The van der Waals surface area contributed by atoms with E-state index in [-0.39, 0.29) is 5.91 Å². The number of aromatic nitrogens is 2. The topological polar surface area (TPSA) is 66.9 Å². The fourth-order valence-electron chi connectivity index (χ4n) is 1.56. The number of halogens is 1. The third kappa shape index (κ3) is 4.01. The molecule has 0 spiro atoms. The number of amides is 1. The van der Waals surface area contributed by atoms with E-state index in [9.17, 15) is 9.18 Å². The first-order chi connectivity index (χ1) is 9.65. The van der Waals surface area contributed by atoms with Crippen LogP contribution in [-0.2, 0) is 0 Å². The molecule has 0 saturated heterocycles. The molecule has 0 unspecified atom stereocenters. The standard InChI is InChI=1S/C14H15FN4O/c1-10-2-4-11(5-3-10)13(20)16-6-7-17-14-18-8-12(15)9-19-14/h2-5,8-9H,6-7H2,1H3,(H,16,20)(H,17,18,19). The number of nitrogens with one attached hydrogen (secondary N) is 2. The zero-order valence-corrected chi connectivity index (χ0v) is 11.1. The number of carbonyl (C=O) groups is 1. The van der Waals surface area contributed by atoms with Gasteiger partial charge in [0.25, 0.3) is 5.91 Å². The number of hydrogen-bond donors (Lipinski definition) is 2. The van der Waals surface area contributed by atoms with E-state index in [1.54, 1.807) is 12.1 Å². The number of nitrogens with zero attached hydrogens (tertiary/aromatic N) is 2. The van der Waals surface area contributed by atoms with Crippen LogP contribution in [0, 0.1) is 12.7 Å². The van der Waals surface area contributed by atoms with Gasteiger partial charge in [-0.25, -0.2) is 14.4 Å². The van der Waals surface area contributed by atoms with Crippen LogP contribution in [0.25, 0.3) is 0 Å². The number of benzene rings is 1. The minimum atomic E-state index is -0.483. The van der Waals surface area contributed by atoms with Gasteiger partial charge in [0.2, 0.25) is 5.95 Å². The molecule has 1 aromatic heterocycles. The smallest absolute Gasteiger partial charge is 0.251 e. The Hall–Kier alpha value is -2.50. The summed E-state index contributed by atoms with van der Waals surface area (Å²) in [7, 11) is 0. The second-order valence-electron chi connectivity index (χ2n) is 4.27. The lowest BCUT2D eigenvalue weighted by Crippen LogP contribution is -2.29. The lowest BCUT2D eigenvalue weighted by Gasteiger charge is -2.07. The van der Waals surface area contributed by atoms with Crippen molar-refractivity contribution in [1.82, 2.24) is 15.3 Å². The van der Waals surface area contributed by atoms with Crippen molar-refractivity contribution in [1.29, 1.82) is 0 Å². The highest BCUT2D eigenvalue weighted by Crippen LogP contribution is 2.02. The molecule has 2 N–H and O–H groups in total. The summed E-state index contributed by atoms with van der Waals surface area (Å²) in [5.41, 5.74) is 1.73. The van der Waals surface area contributed by atoms with Crippen LogP contribution in [-0.4, -0.2) is 29.0 Å². The minimum Gasteiger partial charge on any atom is -0.352 e. The Morgan fingerprint density at radius 1 is 1.15 bits per heavy atom. The monoisotopic (exact) mass is 274 g/mol. The number of carbonyl (C=O) groups excluding carboxylic acids is 1. The largest absolute Gasteiger partial charge is 0.352 e. The quantitative estimate of drug-likeness (QED) is 0.815. The number of rotatable bonds is 5. The van der Waals surface area contributed by atoms with Crippen LogP contribution in [0.5, 0.6) is 0 Å². The molecule has 6 heteroatoms. The second kappa shape index (κ2) is 6.60. The van der Waals surface area contributed by atoms with Gasteiger partial charge in [0.05, 0.1) is 12.4 Å². The van der Waals surface area contributed by atoms with Crippen LogP contribution in [0.4, 0.5) is 10.3 Å². The van der Waals surface area contributed by atoms with Crippen molar-refractivity contribution in [2.24, 2.45) is 0 Å². The minimum absolute atomic E-state index is 0.133. The van der Waals surface area contributed by atoms with Gasteiger partial charge in [0.1, 0.15) is 0 Å². The summed E-state index contributed by atoms with van der Waals surface area (Å²) in [6.07, 6.45) is 2.17. The molecule has 0 aliphatic heterocycles. The molecule has 1 amide bonds. The highest BCUT2D eigenvalue weighted by molar-refractivity contribution is 5.94. The van der Waals surface area contributed by atoms with Gasteiger partial charge in [-0.05, 0) is 19.1 Å². The summed E-state index contributed by atoms with van der Waals surface area (Å²) in [4.78, 5) is 19.3. The molecular formula is C14H15FN4O. The first-order valence-corrected chi connectivity index (χ1v) is 6.21. The van der Waals surface area contributed by atoms with Gasteiger partial charge in [-0.2, -0.15) is 0 Å². The third-order valence-corrected chi connectivity index (χ3v) is 2.63. The molecule has 1 aromatic carbocycles. The van der Waals surface area contributed by atoms with E-state index in [1.807, 2.05) is 19.1 Å². The van der Waals surface area contributed by atoms with Gasteiger partial charge in [-0.1, -0.05) is 17.7 Å². The van der Waals surface area contributed by atoms with E-state index in [2.05, 4.69) is 20.6 Å². The van der Waals surface area contributed by atoms with Crippen molar-refractivity contribution in [3.63, 3.8) is 0 Å². The van der Waals surface area contributed by atoms with Crippen LogP contribution in [0.3, 0.4) is 0 Å². The summed E-state index contributed by atoms with van der Waals surface area (Å²) in [5, 5.41) is 5.65. The number of aryl methyl sites for hydroxylation is 1. The third-order valence-electron chi connectivity index (χ3n) is 2.63. The van der Waals surface area contributed by atoms with Gasteiger partial charge in [0, 0.05) is 18.7 Å². The molecule has 5 nitrogen and oxygen atoms in total. The van der Waals surface area contributed by atoms with Gasteiger partial charge < -0.3 is 10.6 Å². The van der Waals surface area contributed by atoms with E-state index in [1.165, 1.54) is 0 Å². The van der Waals surface area contributed by atoms with Crippen LogP contribution >= 0.6 is 0 Å². The highest BCUT2D eigenvalue weighted by Gasteiger charge is 2.03. The zero-order chi connectivity index (χ0) is 14.4. The molecule has 1 heterocycles. The van der Waals surface area contributed by atoms with Crippen LogP contribution in [0.1, 0.15) is 15.9 Å². The van der Waals surface area contributed by atoms with Crippen molar-refractivity contribution in [3.05, 3.63) is 53.6 Å². The van der Waals surface area contributed by atoms with Crippen LogP contribution in [0.15, 0.2) is 36.7 Å². The molecule has 0 bridgehead atoms. The summed E-state index contributed by atoms with van der Waals surface area (Å²) in [6.45, 7) is 2.85. The van der Waals surface area contributed by atoms with Gasteiger partial charge in [-0.3, -0.25) is 4.79 Å². The highest BCUT2D eigenvalue weighted by atomic mass is 19.1. The van der Waals surface area contributed by atoms with Crippen LogP contribution in [0.2, 0.25) is 0 Å². The maximum atomic E-state index is 12.6. The average molecular weight is 274 g/mol. The maximum Gasteiger partial charge on any atom is 0.251 e. The van der Waals surface area contributed by atoms with E-state index < -0.39 is 5.82 Å². The lowest BCUT2D eigenvalue weighted by molar-refractivity contribution is 0.0955. The molecule has 0 radical (unpaired) electrons. The molecule has 0 aliphatic carbocycles. The lowest BCUT2D eigenvalue weighted by atomic mass is 10.1. The Labute approximate surface area is 116 Å². The van der Waals surface area contributed by atoms with Gasteiger partial charge >= 0.3 is 0 Å². The zero-order valence-electron chi connectivity index (χ0n) is 11.1. The molecule has 0 saturated carbocycles. The Bertz CT molecular complexity index is 569. The molecule has 104 valence electrons. The molecule has 2 aromatic rings. The Morgan fingerprint density at radius 2 is 1.80 bits per heavy atom. The molecule has 2 rings (SSSR count). The fourth-order valence-corrected chi connectivity index (χ4v) is 1.56. The van der Waals surface area contributed by atoms with E-state index >= 15 is 0 Å². The van der Waals surface area contributed by atoms with Crippen molar-refractivity contribution >= 4 is 11.9 Å². The molecule has 0 fully saturated rings. The normalized spacial score (nSPS) is 10.1. The van der Waals surface area contributed by atoms with Crippen molar-refractivity contribution in [2.45, 2.75) is 6.92 Å². The predicted octanol–water partition coefficient (Wildman–Crippen LogP) is 1.77. The van der Waals surface area contributed by atoms with Crippen molar-refractivity contribution < 1.29 is 9.18 Å². The van der Waals surface area contributed by atoms with Crippen molar-refractivity contribution in [2.75, 3.05) is 18.4 Å². The fraction of sp³-hybridized carbons (Fsp3) is 0.214. The first kappa shape index (κ1) is 13.9. The SMILES string of the molecule is Cc1ccc(C(=O)NCCNc2ncc(F)cn2)cc1. The summed E-state index contributed by atoms with van der Waals surface area (Å²) in [5.74, 6) is -0.286. The number of anilines is 1. The van der Waals surface area contributed by atoms with E-state index in [0.29, 0.717) is 24.6 Å². The first-order valence-electron chi connectivity index (χ1n) is 6.21. The van der Waals surface area contributed by atoms with Crippen molar-refractivity contribution in [3.8, 4) is 0 Å². The molecular weight excluding hydrogens is 259 g/mol. The second-order valence-corrected chi connectivity index (χ2v) is 4.27. The summed E-state index contributed by atoms with van der Waals surface area (Å²) < 4.78 is 12.6. The number of hydrogen-bond acceptors (Lipinski definition) is 4. The molecule has 20 heavy (non-hydrogen) atoms. The van der Waals surface area contributed by atoms with Crippen LogP contribution < -0.4 is 10.6 Å². The Morgan fingerprint density at radius 3 is 2.45 bits per heavy atom. The molecule has 0 aliphatic rings. The summed E-state index contributed by atoms with van der Waals surface area (Å²) in [6, 6.07) is 7.33. The Balaban J connectivity index is 1.74. The van der Waals surface area contributed by atoms with Gasteiger partial charge in [0.15, 0.2) is 5.82 Å².